The highest BCUT2D eigenvalue weighted by atomic mass is 16.5. The standard InChI is InChI=1S/C16H26N2O/c1-13-5-3-7-16(11-13)19-10-9-18-8-4-6-15(12-18)14(2)17/h3,5,7,11,14-15H,4,6,8-10,12,17H2,1-2H3. The number of piperidine rings is 1. The van der Waals surface area contributed by atoms with Crippen LogP contribution < -0.4 is 10.5 Å². The van der Waals surface area contributed by atoms with Crippen LogP contribution in [0.1, 0.15) is 25.3 Å². The van der Waals surface area contributed by atoms with Gasteiger partial charge in [-0.2, -0.15) is 0 Å². The van der Waals surface area contributed by atoms with Crippen LogP contribution >= 0.6 is 0 Å². The van der Waals surface area contributed by atoms with Crippen molar-refractivity contribution in [3.8, 4) is 5.75 Å². The Kier molecular flexibility index (Phi) is 5.23. The van der Waals surface area contributed by atoms with Crippen LogP contribution in [0.4, 0.5) is 0 Å². The zero-order valence-corrected chi connectivity index (χ0v) is 12.1. The van der Waals surface area contributed by atoms with E-state index in [4.69, 9.17) is 10.5 Å². The average molecular weight is 262 g/mol. The molecule has 0 saturated carbocycles. The summed E-state index contributed by atoms with van der Waals surface area (Å²) < 4.78 is 5.81. The third-order valence-corrected chi connectivity index (χ3v) is 3.95. The minimum Gasteiger partial charge on any atom is -0.492 e. The van der Waals surface area contributed by atoms with Crippen molar-refractivity contribution in [1.82, 2.24) is 4.90 Å². The molecular weight excluding hydrogens is 236 g/mol. The molecule has 3 nitrogen and oxygen atoms in total. The highest BCUT2D eigenvalue weighted by Gasteiger charge is 2.22. The number of rotatable bonds is 5. The SMILES string of the molecule is Cc1cccc(OCCN2CCCC(C(C)N)C2)c1. The molecule has 0 radical (unpaired) electrons. The largest absolute Gasteiger partial charge is 0.492 e. The Morgan fingerprint density at radius 2 is 2.32 bits per heavy atom. The number of hydrogen-bond acceptors (Lipinski definition) is 3. The number of hydrogen-bond donors (Lipinski definition) is 1. The Labute approximate surface area is 116 Å². The molecule has 0 aromatic heterocycles. The highest BCUT2D eigenvalue weighted by molar-refractivity contribution is 5.27. The summed E-state index contributed by atoms with van der Waals surface area (Å²) >= 11 is 0. The van der Waals surface area contributed by atoms with Crippen LogP contribution in [0.5, 0.6) is 5.75 Å². The predicted octanol–water partition coefficient (Wildman–Crippen LogP) is 2.43. The molecule has 0 bridgehead atoms. The molecule has 1 aliphatic heterocycles. The fourth-order valence-corrected chi connectivity index (χ4v) is 2.72. The van der Waals surface area contributed by atoms with E-state index in [0.29, 0.717) is 12.0 Å². The summed E-state index contributed by atoms with van der Waals surface area (Å²) in [5, 5.41) is 0. The van der Waals surface area contributed by atoms with Gasteiger partial charge in [0, 0.05) is 19.1 Å². The van der Waals surface area contributed by atoms with Crippen molar-refractivity contribution in [3.63, 3.8) is 0 Å². The van der Waals surface area contributed by atoms with Gasteiger partial charge in [-0.15, -0.1) is 0 Å². The van der Waals surface area contributed by atoms with Crippen molar-refractivity contribution in [2.45, 2.75) is 32.7 Å². The summed E-state index contributed by atoms with van der Waals surface area (Å²) in [6, 6.07) is 8.54. The van der Waals surface area contributed by atoms with Gasteiger partial charge in [0.15, 0.2) is 0 Å². The first-order valence-corrected chi connectivity index (χ1v) is 7.32. The van der Waals surface area contributed by atoms with E-state index < -0.39 is 0 Å². The molecule has 0 amide bonds. The second-order valence-electron chi connectivity index (χ2n) is 5.73. The van der Waals surface area contributed by atoms with E-state index in [1.54, 1.807) is 0 Å². The lowest BCUT2D eigenvalue weighted by atomic mass is 9.92. The number of benzene rings is 1. The molecule has 2 N–H and O–H groups in total. The molecule has 2 atom stereocenters. The Morgan fingerprint density at radius 3 is 3.05 bits per heavy atom. The Morgan fingerprint density at radius 1 is 1.47 bits per heavy atom. The maximum atomic E-state index is 6.01. The van der Waals surface area contributed by atoms with E-state index in [9.17, 15) is 0 Å². The van der Waals surface area contributed by atoms with Crippen LogP contribution in [-0.4, -0.2) is 37.2 Å². The average Bonchev–Trinajstić information content (AvgIpc) is 2.39. The highest BCUT2D eigenvalue weighted by Crippen LogP contribution is 2.18. The monoisotopic (exact) mass is 262 g/mol. The molecule has 106 valence electrons. The molecule has 1 fully saturated rings. The maximum absolute atomic E-state index is 6.01. The van der Waals surface area contributed by atoms with E-state index in [2.05, 4.69) is 30.9 Å². The van der Waals surface area contributed by atoms with Gasteiger partial charge in [-0.05, 0) is 56.8 Å². The van der Waals surface area contributed by atoms with E-state index >= 15 is 0 Å². The summed E-state index contributed by atoms with van der Waals surface area (Å²) in [7, 11) is 0. The van der Waals surface area contributed by atoms with Gasteiger partial charge in [0.25, 0.3) is 0 Å². The van der Waals surface area contributed by atoms with Gasteiger partial charge in [-0.3, -0.25) is 4.90 Å². The zero-order valence-electron chi connectivity index (χ0n) is 12.1. The molecule has 19 heavy (non-hydrogen) atoms. The van der Waals surface area contributed by atoms with Gasteiger partial charge in [0.05, 0.1) is 0 Å². The van der Waals surface area contributed by atoms with E-state index in [1.807, 2.05) is 12.1 Å². The van der Waals surface area contributed by atoms with Crippen molar-refractivity contribution >= 4 is 0 Å². The first-order chi connectivity index (χ1) is 9.15. The fourth-order valence-electron chi connectivity index (χ4n) is 2.72. The molecule has 1 aromatic carbocycles. The minimum atomic E-state index is 0.306. The lowest BCUT2D eigenvalue weighted by molar-refractivity contribution is 0.137. The van der Waals surface area contributed by atoms with Crippen molar-refractivity contribution in [1.29, 1.82) is 0 Å². The van der Waals surface area contributed by atoms with Crippen molar-refractivity contribution in [2.75, 3.05) is 26.2 Å². The van der Waals surface area contributed by atoms with Gasteiger partial charge in [0.1, 0.15) is 12.4 Å². The van der Waals surface area contributed by atoms with Gasteiger partial charge in [0.2, 0.25) is 0 Å². The number of likely N-dealkylation sites (tertiary alicyclic amines) is 1. The molecule has 0 aliphatic carbocycles. The number of ether oxygens (including phenoxy) is 1. The van der Waals surface area contributed by atoms with E-state index in [0.717, 1.165) is 25.4 Å². The van der Waals surface area contributed by atoms with Crippen LogP contribution in [-0.2, 0) is 0 Å². The van der Waals surface area contributed by atoms with Crippen LogP contribution in [0.15, 0.2) is 24.3 Å². The third-order valence-electron chi connectivity index (χ3n) is 3.95. The molecule has 1 aliphatic rings. The summed E-state index contributed by atoms with van der Waals surface area (Å²) in [4.78, 5) is 2.48. The zero-order chi connectivity index (χ0) is 13.7. The minimum absolute atomic E-state index is 0.306. The van der Waals surface area contributed by atoms with Crippen LogP contribution in [0.2, 0.25) is 0 Å². The maximum Gasteiger partial charge on any atom is 0.119 e. The Bertz CT molecular complexity index is 392. The van der Waals surface area contributed by atoms with Gasteiger partial charge < -0.3 is 10.5 Å². The number of aryl methyl sites for hydroxylation is 1. The smallest absolute Gasteiger partial charge is 0.119 e. The molecule has 2 rings (SSSR count). The molecule has 0 spiro atoms. The van der Waals surface area contributed by atoms with Crippen LogP contribution in [0.25, 0.3) is 0 Å². The molecular formula is C16H26N2O. The second kappa shape index (κ2) is 6.92. The summed E-state index contributed by atoms with van der Waals surface area (Å²) in [6.07, 6.45) is 2.53. The lowest BCUT2D eigenvalue weighted by Crippen LogP contribution is -2.43. The van der Waals surface area contributed by atoms with Gasteiger partial charge in [-0.1, -0.05) is 12.1 Å². The van der Waals surface area contributed by atoms with Gasteiger partial charge >= 0.3 is 0 Å². The number of nitrogens with two attached hydrogens (primary N) is 1. The van der Waals surface area contributed by atoms with Crippen molar-refractivity contribution < 1.29 is 4.74 Å². The van der Waals surface area contributed by atoms with E-state index in [-0.39, 0.29) is 0 Å². The molecule has 2 unspecified atom stereocenters. The fraction of sp³-hybridized carbons (Fsp3) is 0.625. The first-order valence-electron chi connectivity index (χ1n) is 7.32. The lowest BCUT2D eigenvalue weighted by Gasteiger charge is -2.34. The summed E-state index contributed by atoms with van der Waals surface area (Å²) in [5.41, 5.74) is 7.25. The van der Waals surface area contributed by atoms with Crippen LogP contribution in [0, 0.1) is 12.8 Å². The topological polar surface area (TPSA) is 38.5 Å². The van der Waals surface area contributed by atoms with Gasteiger partial charge in [-0.25, -0.2) is 0 Å². The normalized spacial score (nSPS) is 22.2. The number of nitrogens with zero attached hydrogens (tertiary/aromatic N) is 1. The molecule has 1 heterocycles. The molecule has 1 aromatic rings. The summed E-state index contributed by atoms with van der Waals surface area (Å²) in [5.74, 6) is 1.62. The quantitative estimate of drug-likeness (QED) is 0.885. The molecule has 1 saturated heterocycles. The second-order valence-corrected chi connectivity index (χ2v) is 5.73. The van der Waals surface area contributed by atoms with Crippen LogP contribution in [0.3, 0.4) is 0 Å². The van der Waals surface area contributed by atoms with E-state index in [1.165, 1.54) is 24.9 Å². The Hall–Kier alpha value is -1.06. The predicted molar refractivity (Wildman–Crippen MR) is 79.5 cm³/mol. The molecule has 3 heteroatoms. The first kappa shape index (κ1) is 14.4. The third kappa shape index (κ3) is 4.51. The Balaban J connectivity index is 1.73. The summed E-state index contributed by atoms with van der Waals surface area (Å²) in [6.45, 7) is 8.27. The van der Waals surface area contributed by atoms with Crippen molar-refractivity contribution in [3.05, 3.63) is 29.8 Å². The van der Waals surface area contributed by atoms with Crippen molar-refractivity contribution in [2.24, 2.45) is 11.7 Å².